The molecule has 0 atom stereocenters. The molecule has 0 aliphatic carbocycles. The van der Waals surface area contributed by atoms with E-state index in [0.29, 0.717) is 11.2 Å². The lowest BCUT2D eigenvalue weighted by Gasteiger charge is -2.06. The number of nitrogens with one attached hydrogen (secondary N) is 3. The molecule has 0 radical (unpaired) electrons. The van der Waals surface area contributed by atoms with Crippen LogP contribution in [-0.4, -0.2) is 33.6 Å². The van der Waals surface area contributed by atoms with Crippen molar-refractivity contribution in [3.05, 3.63) is 42.5 Å². The molecule has 0 aliphatic rings. The van der Waals surface area contributed by atoms with Crippen molar-refractivity contribution in [3.63, 3.8) is 0 Å². The van der Waals surface area contributed by atoms with Crippen LogP contribution in [0.4, 0.5) is 13.2 Å². The van der Waals surface area contributed by atoms with Crippen LogP contribution in [-0.2, 0) is 0 Å². The van der Waals surface area contributed by atoms with Crippen LogP contribution in [0.1, 0.15) is 10.5 Å². The highest BCUT2D eigenvalue weighted by molar-refractivity contribution is 5.97. The third-order valence-corrected chi connectivity index (χ3v) is 3.15. The fourth-order valence-electron chi connectivity index (χ4n) is 2.17. The van der Waals surface area contributed by atoms with Crippen LogP contribution in [0.2, 0.25) is 0 Å². The van der Waals surface area contributed by atoms with Crippen molar-refractivity contribution in [3.8, 4) is 11.1 Å². The number of aromatic amines is 2. The normalized spacial score (nSPS) is 11.8. The Hall–Kier alpha value is -2.77. The molecule has 0 spiro atoms. The van der Waals surface area contributed by atoms with Crippen LogP contribution in [0, 0.1) is 0 Å². The van der Waals surface area contributed by atoms with E-state index < -0.39 is 18.6 Å². The standard InChI is InChI=1S/C14H11F3N4O/c15-14(16,17)7-21-13(22)11-5-8(6-20-11)9-1-3-18-12-10(9)2-4-19-12/h1-6,20H,7H2,(H,18,19)(H,21,22). The van der Waals surface area contributed by atoms with E-state index in [1.165, 1.54) is 6.07 Å². The van der Waals surface area contributed by atoms with Crippen LogP contribution in [0.15, 0.2) is 36.8 Å². The number of hydrogen-bond donors (Lipinski definition) is 3. The molecule has 0 fully saturated rings. The molecular formula is C14H11F3N4O. The van der Waals surface area contributed by atoms with E-state index >= 15 is 0 Å². The molecule has 0 aromatic carbocycles. The van der Waals surface area contributed by atoms with Gasteiger partial charge in [-0.2, -0.15) is 13.2 Å². The summed E-state index contributed by atoms with van der Waals surface area (Å²) < 4.78 is 36.3. The van der Waals surface area contributed by atoms with Crippen LogP contribution in [0.5, 0.6) is 0 Å². The first-order valence-electron chi connectivity index (χ1n) is 6.40. The van der Waals surface area contributed by atoms with Gasteiger partial charge in [-0.25, -0.2) is 4.98 Å². The molecule has 0 saturated carbocycles. The number of aromatic nitrogens is 3. The summed E-state index contributed by atoms with van der Waals surface area (Å²) in [6.45, 7) is -1.36. The smallest absolute Gasteiger partial charge is 0.357 e. The van der Waals surface area contributed by atoms with Crippen LogP contribution in [0.3, 0.4) is 0 Å². The molecule has 3 rings (SSSR count). The Bertz CT molecular complexity index is 819. The van der Waals surface area contributed by atoms with E-state index in [4.69, 9.17) is 0 Å². The second-order valence-corrected chi connectivity index (χ2v) is 4.70. The average Bonchev–Trinajstić information content (AvgIpc) is 3.12. The van der Waals surface area contributed by atoms with Gasteiger partial charge in [-0.15, -0.1) is 0 Å². The van der Waals surface area contributed by atoms with E-state index in [2.05, 4.69) is 15.0 Å². The number of rotatable bonds is 3. The fraction of sp³-hybridized carbons (Fsp3) is 0.143. The molecule has 3 heterocycles. The Kier molecular flexibility index (Phi) is 3.36. The fourth-order valence-corrected chi connectivity index (χ4v) is 2.17. The van der Waals surface area contributed by atoms with Crippen molar-refractivity contribution >= 4 is 16.9 Å². The molecular weight excluding hydrogens is 297 g/mol. The molecule has 1 amide bonds. The number of H-pyrrole nitrogens is 2. The zero-order valence-corrected chi connectivity index (χ0v) is 11.2. The van der Waals surface area contributed by atoms with Crippen molar-refractivity contribution in [2.75, 3.05) is 6.54 Å². The lowest BCUT2D eigenvalue weighted by atomic mass is 10.1. The van der Waals surface area contributed by atoms with Gasteiger partial charge in [0.05, 0.1) is 0 Å². The Labute approximate surface area is 122 Å². The summed E-state index contributed by atoms with van der Waals surface area (Å²) in [5.41, 5.74) is 2.29. The van der Waals surface area contributed by atoms with Gasteiger partial charge in [0.15, 0.2) is 0 Å². The van der Waals surface area contributed by atoms with Gasteiger partial charge in [0, 0.05) is 29.5 Å². The number of alkyl halides is 3. The van der Waals surface area contributed by atoms with Gasteiger partial charge in [0.2, 0.25) is 0 Å². The molecule has 0 aliphatic heterocycles. The minimum Gasteiger partial charge on any atom is -0.357 e. The quantitative estimate of drug-likeness (QED) is 0.696. The maximum Gasteiger partial charge on any atom is 0.405 e. The maximum atomic E-state index is 12.1. The van der Waals surface area contributed by atoms with Gasteiger partial charge in [-0.05, 0) is 23.8 Å². The third-order valence-electron chi connectivity index (χ3n) is 3.15. The highest BCUT2D eigenvalue weighted by atomic mass is 19.4. The molecule has 3 N–H and O–H groups in total. The maximum absolute atomic E-state index is 12.1. The number of nitrogens with zero attached hydrogens (tertiary/aromatic N) is 1. The predicted octanol–water partition coefficient (Wildman–Crippen LogP) is 2.85. The summed E-state index contributed by atoms with van der Waals surface area (Å²) in [6, 6.07) is 5.12. The van der Waals surface area contributed by atoms with Gasteiger partial charge in [0.25, 0.3) is 5.91 Å². The lowest BCUT2D eigenvalue weighted by Crippen LogP contribution is -2.33. The number of fused-ring (bicyclic) bond motifs is 1. The summed E-state index contributed by atoms with van der Waals surface area (Å²) in [4.78, 5) is 21.5. The molecule has 0 bridgehead atoms. The molecule has 0 unspecified atom stereocenters. The van der Waals surface area contributed by atoms with Crippen molar-refractivity contribution < 1.29 is 18.0 Å². The number of carbonyl (C=O) groups is 1. The molecule has 8 heteroatoms. The first-order valence-corrected chi connectivity index (χ1v) is 6.40. The van der Waals surface area contributed by atoms with Gasteiger partial charge < -0.3 is 15.3 Å². The van der Waals surface area contributed by atoms with E-state index in [1.54, 1.807) is 24.7 Å². The topological polar surface area (TPSA) is 73.6 Å². The summed E-state index contributed by atoms with van der Waals surface area (Å²) in [5.74, 6) is -0.803. The monoisotopic (exact) mass is 308 g/mol. The summed E-state index contributed by atoms with van der Waals surface area (Å²) in [6.07, 6.45) is 0.493. The Morgan fingerprint density at radius 3 is 2.86 bits per heavy atom. The second kappa shape index (κ2) is 5.21. The molecule has 22 heavy (non-hydrogen) atoms. The Morgan fingerprint density at radius 2 is 2.09 bits per heavy atom. The van der Waals surface area contributed by atoms with E-state index in [0.717, 1.165) is 10.9 Å². The minimum atomic E-state index is -4.44. The number of pyridine rings is 1. The van der Waals surface area contributed by atoms with E-state index in [-0.39, 0.29) is 5.69 Å². The minimum absolute atomic E-state index is 0.0692. The Balaban J connectivity index is 1.85. The van der Waals surface area contributed by atoms with Gasteiger partial charge in [-0.1, -0.05) is 0 Å². The van der Waals surface area contributed by atoms with Crippen LogP contribution in [0.25, 0.3) is 22.2 Å². The van der Waals surface area contributed by atoms with Crippen LogP contribution < -0.4 is 5.32 Å². The van der Waals surface area contributed by atoms with Crippen molar-refractivity contribution in [1.82, 2.24) is 20.3 Å². The van der Waals surface area contributed by atoms with Crippen molar-refractivity contribution in [1.29, 1.82) is 0 Å². The van der Waals surface area contributed by atoms with E-state index in [1.807, 2.05) is 11.4 Å². The van der Waals surface area contributed by atoms with Crippen molar-refractivity contribution in [2.24, 2.45) is 0 Å². The van der Waals surface area contributed by atoms with Gasteiger partial charge in [-0.3, -0.25) is 4.79 Å². The zero-order valence-electron chi connectivity index (χ0n) is 11.2. The molecule has 5 nitrogen and oxygen atoms in total. The number of carbonyl (C=O) groups excluding carboxylic acids is 1. The van der Waals surface area contributed by atoms with Gasteiger partial charge in [0.1, 0.15) is 17.9 Å². The molecule has 0 saturated heterocycles. The van der Waals surface area contributed by atoms with E-state index in [9.17, 15) is 18.0 Å². The highest BCUT2D eigenvalue weighted by Crippen LogP contribution is 2.27. The first kappa shape index (κ1) is 14.2. The molecule has 3 aromatic rings. The summed E-state index contributed by atoms with van der Waals surface area (Å²) >= 11 is 0. The number of amides is 1. The van der Waals surface area contributed by atoms with Crippen LogP contribution >= 0.6 is 0 Å². The Morgan fingerprint density at radius 1 is 1.27 bits per heavy atom. The summed E-state index contributed by atoms with van der Waals surface area (Å²) in [7, 11) is 0. The second-order valence-electron chi connectivity index (χ2n) is 4.70. The third kappa shape index (κ3) is 2.80. The molecule has 3 aromatic heterocycles. The summed E-state index contributed by atoms with van der Waals surface area (Å²) in [5, 5.41) is 2.69. The lowest BCUT2D eigenvalue weighted by molar-refractivity contribution is -0.123. The largest absolute Gasteiger partial charge is 0.405 e. The predicted molar refractivity (Wildman–Crippen MR) is 74.3 cm³/mol. The highest BCUT2D eigenvalue weighted by Gasteiger charge is 2.28. The SMILES string of the molecule is O=C(NCC(F)(F)F)c1cc(-c2ccnc3[nH]ccc23)c[nH]1. The number of halogens is 3. The number of hydrogen-bond acceptors (Lipinski definition) is 2. The van der Waals surface area contributed by atoms with Gasteiger partial charge >= 0.3 is 6.18 Å². The average molecular weight is 308 g/mol. The van der Waals surface area contributed by atoms with Crippen molar-refractivity contribution in [2.45, 2.75) is 6.18 Å². The first-order chi connectivity index (χ1) is 10.4. The zero-order chi connectivity index (χ0) is 15.7. The molecule has 114 valence electrons.